The molecule has 1 saturated heterocycles. The summed E-state index contributed by atoms with van der Waals surface area (Å²) in [4.78, 5) is 17.0. The first-order valence-corrected chi connectivity index (χ1v) is 8.17. The van der Waals surface area contributed by atoms with Crippen molar-refractivity contribution >= 4 is 11.7 Å². The summed E-state index contributed by atoms with van der Waals surface area (Å²) >= 11 is 0. The lowest BCUT2D eigenvalue weighted by Crippen LogP contribution is -2.47. The molecule has 0 aromatic carbocycles. The number of carbonyl (C=O) groups is 1. The van der Waals surface area contributed by atoms with Gasteiger partial charge in [-0.15, -0.1) is 10.2 Å². The Labute approximate surface area is 150 Å². The number of ether oxygens (including phenoxy) is 2. The van der Waals surface area contributed by atoms with Gasteiger partial charge in [-0.05, 0) is 24.6 Å². The molecule has 0 aliphatic carbocycles. The molecule has 0 saturated carbocycles. The number of amides is 1. The fourth-order valence-electron chi connectivity index (χ4n) is 2.85. The summed E-state index contributed by atoms with van der Waals surface area (Å²) in [5.41, 5.74) is 6.01. The van der Waals surface area contributed by atoms with Crippen molar-refractivity contribution in [2.45, 2.75) is 25.6 Å². The maximum absolute atomic E-state index is 14.6. The molecule has 0 radical (unpaired) electrons. The number of hydrogen-bond acceptors (Lipinski definition) is 7. The Balaban J connectivity index is 1.65. The molecule has 2 aromatic heterocycles. The van der Waals surface area contributed by atoms with Crippen molar-refractivity contribution < 1.29 is 18.7 Å². The number of nitrogens with two attached hydrogens (primary N) is 1. The van der Waals surface area contributed by atoms with Gasteiger partial charge in [0.25, 0.3) is 5.91 Å². The number of aromatic nitrogens is 3. The van der Waals surface area contributed by atoms with E-state index in [2.05, 4.69) is 15.2 Å². The predicted octanol–water partition coefficient (Wildman–Crippen LogP) is 1.28. The molecule has 2 unspecified atom stereocenters. The Hall–Kier alpha value is -2.97. The van der Waals surface area contributed by atoms with E-state index in [1.165, 1.54) is 13.3 Å². The first kappa shape index (κ1) is 17.8. The van der Waals surface area contributed by atoms with Gasteiger partial charge in [0.15, 0.2) is 17.7 Å². The summed E-state index contributed by atoms with van der Waals surface area (Å²) in [6, 6.07) is 4.92. The highest BCUT2D eigenvalue weighted by Crippen LogP contribution is 2.26. The summed E-state index contributed by atoms with van der Waals surface area (Å²) in [5, 5.41) is 7.83. The number of rotatable bonds is 5. The minimum absolute atomic E-state index is 0.0910. The standard InChI is InChI=1S/C17H20FN5O3/c1-10-7-13(16(19)24)21-22-17(10)23-6-5-14(12(18)9-23)26-11-3-4-15(25-2)20-8-11/h3-4,7-8,12,14H,5-6,9H2,1-2H3,(H2,19,24). The summed E-state index contributed by atoms with van der Waals surface area (Å²) < 4.78 is 25.3. The smallest absolute Gasteiger partial charge is 0.269 e. The number of nitrogens with zero attached hydrogens (tertiary/aromatic N) is 4. The van der Waals surface area contributed by atoms with E-state index < -0.39 is 18.2 Å². The fraction of sp³-hybridized carbons (Fsp3) is 0.412. The minimum atomic E-state index is -1.21. The molecular formula is C17H20FN5O3. The second-order valence-electron chi connectivity index (χ2n) is 6.04. The van der Waals surface area contributed by atoms with Crippen molar-refractivity contribution in [2.75, 3.05) is 25.1 Å². The zero-order chi connectivity index (χ0) is 18.7. The topological polar surface area (TPSA) is 103 Å². The molecular weight excluding hydrogens is 341 g/mol. The van der Waals surface area contributed by atoms with Gasteiger partial charge in [-0.2, -0.15) is 0 Å². The van der Waals surface area contributed by atoms with Gasteiger partial charge in [-0.25, -0.2) is 9.37 Å². The molecule has 1 amide bonds. The lowest BCUT2D eigenvalue weighted by atomic mass is 10.1. The van der Waals surface area contributed by atoms with E-state index in [4.69, 9.17) is 15.2 Å². The van der Waals surface area contributed by atoms with E-state index in [-0.39, 0.29) is 12.2 Å². The average Bonchev–Trinajstić information content (AvgIpc) is 2.64. The summed E-state index contributed by atoms with van der Waals surface area (Å²) in [6.45, 7) is 2.47. The first-order chi connectivity index (χ1) is 12.5. The zero-order valence-electron chi connectivity index (χ0n) is 14.6. The maximum Gasteiger partial charge on any atom is 0.269 e. The largest absolute Gasteiger partial charge is 0.486 e. The molecule has 1 aliphatic heterocycles. The number of methoxy groups -OCH3 is 1. The Bertz CT molecular complexity index is 786. The van der Waals surface area contributed by atoms with Crippen LogP contribution in [0.4, 0.5) is 10.2 Å². The summed E-state index contributed by atoms with van der Waals surface area (Å²) in [5.74, 6) is 0.865. The Morgan fingerprint density at radius 3 is 2.77 bits per heavy atom. The van der Waals surface area contributed by atoms with Crippen molar-refractivity contribution in [3.63, 3.8) is 0 Å². The third-order valence-corrected chi connectivity index (χ3v) is 4.20. The van der Waals surface area contributed by atoms with Crippen LogP contribution in [0.2, 0.25) is 0 Å². The lowest BCUT2D eigenvalue weighted by Gasteiger charge is -2.35. The van der Waals surface area contributed by atoms with Gasteiger partial charge in [0.05, 0.1) is 19.9 Å². The van der Waals surface area contributed by atoms with E-state index in [1.54, 1.807) is 30.0 Å². The third kappa shape index (κ3) is 3.81. The normalized spacial score (nSPS) is 19.9. The van der Waals surface area contributed by atoms with Crippen LogP contribution in [0, 0.1) is 6.92 Å². The number of halogens is 1. The number of alkyl halides is 1. The molecule has 0 bridgehead atoms. The monoisotopic (exact) mass is 361 g/mol. The van der Waals surface area contributed by atoms with Crippen LogP contribution in [0.5, 0.6) is 11.6 Å². The van der Waals surface area contributed by atoms with Crippen molar-refractivity contribution in [1.29, 1.82) is 0 Å². The van der Waals surface area contributed by atoms with Crippen LogP contribution in [0.1, 0.15) is 22.5 Å². The van der Waals surface area contributed by atoms with E-state index in [0.717, 1.165) is 5.56 Å². The van der Waals surface area contributed by atoms with Crippen LogP contribution < -0.4 is 20.1 Å². The zero-order valence-corrected chi connectivity index (χ0v) is 14.6. The highest BCUT2D eigenvalue weighted by atomic mass is 19.1. The molecule has 3 heterocycles. The molecule has 2 atom stereocenters. The number of aryl methyl sites for hydroxylation is 1. The van der Waals surface area contributed by atoms with Gasteiger partial charge < -0.3 is 20.1 Å². The van der Waals surface area contributed by atoms with Gasteiger partial charge >= 0.3 is 0 Å². The van der Waals surface area contributed by atoms with Gasteiger partial charge in [0.2, 0.25) is 5.88 Å². The van der Waals surface area contributed by atoms with E-state index in [1.807, 2.05) is 0 Å². The van der Waals surface area contributed by atoms with E-state index in [0.29, 0.717) is 30.4 Å². The first-order valence-electron chi connectivity index (χ1n) is 8.17. The number of primary amides is 1. The van der Waals surface area contributed by atoms with Gasteiger partial charge in [0, 0.05) is 19.0 Å². The van der Waals surface area contributed by atoms with Crippen LogP contribution >= 0.6 is 0 Å². The summed E-state index contributed by atoms with van der Waals surface area (Å²) in [7, 11) is 1.52. The SMILES string of the molecule is COc1ccc(OC2CCN(c3nnc(C(N)=O)cc3C)CC2F)cn1. The second-order valence-corrected chi connectivity index (χ2v) is 6.04. The van der Waals surface area contributed by atoms with E-state index in [9.17, 15) is 9.18 Å². The number of carbonyl (C=O) groups excluding carboxylic acids is 1. The molecule has 8 nitrogen and oxygen atoms in total. The molecule has 3 rings (SSSR count). The predicted molar refractivity (Wildman–Crippen MR) is 92.2 cm³/mol. The number of anilines is 1. The fourth-order valence-corrected chi connectivity index (χ4v) is 2.85. The number of hydrogen-bond donors (Lipinski definition) is 1. The Morgan fingerprint density at radius 1 is 1.38 bits per heavy atom. The number of piperidine rings is 1. The van der Waals surface area contributed by atoms with Gasteiger partial charge in [-0.1, -0.05) is 0 Å². The van der Waals surface area contributed by atoms with Crippen LogP contribution in [-0.4, -0.2) is 53.6 Å². The lowest BCUT2D eigenvalue weighted by molar-refractivity contribution is 0.0814. The van der Waals surface area contributed by atoms with Crippen molar-refractivity contribution in [3.8, 4) is 11.6 Å². The Kier molecular flexibility index (Phi) is 5.15. The van der Waals surface area contributed by atoms with Crippen molar-refractivity contribution in [3.05, 3.63) is 35.7 Å². The van der Waals surface area contributed by atoms with Gasteiger partial charge in [-0.3, -0.25) is 4.79 Å². The van der Waals surface area contributed by atoms with Crippen LogP contribution in [0.15, 0.2) is 24.4 Å². The van der Waals surface area contributed by atoms with Crippen LogP contribution in [0.3, 0.4) is 0 Å². The minimum Gasteiger partial charge on any atom is -0.486 e. The molecule has 2 aromatic rings. The highest BCUT2D eigenvalue weighted by molar-refractivity contribution is 5.90. The molecule has 0 spiro atoms. The highest BCUT2D eigenvalue weighted by Gasteiger charge is 2.32. The second kappa shape index (κ2) is 7.51. The Morgan fingerprint density at radius 2 is 2.19 bits per heavy atom. The molecule has 9 heteroatoms. The summed E-state index contributed by atoms with van der Waals surface area (Å²) in [6.07, 6.45) is 0.213. The molecule has 26 heavy (non-hydrogen) atoms. The van der Waals surface area contributed by atoms with Crippen LogP contribution in [-0.2, 0) is 0 Å². The van der Waals surface area contributed by atoms with Crippen molar-refractivity contribution in [1.82, 2.24) is 15.2 Å². The maximum atomic E-state index is 14.6. The van der Waals surface area contributed by atoms with Crippen LogP contribution in [0.25, 0.3) is 0 Å². The molecule has 138 valence electrons. The quantitative estimate of drug-likeness (QED) is 0.855. The van der Waals surface area contributed by atoms with Gasteiger partial charge in [0.1, 0.15) is 11.9 Å². The average molecular weight is 361 g/mol. The van der Waals surface area contributed by atoms with E-state index >= 15 is 0 Å². The van der Waals surface area contributed by atoms with Crippen molar-refractivity contribution in [2.24, 2.45) is 5.73 Å². The third-order valence-electron chi connectivity index (χ3n) is 4.20. The molecule has 2 N–H and O–H groups in total. The molecule has 1 fully saturated rings. The molecule has 1 aliphatic rings. The number of pyridine rings is 1.